The van der Waals surface area contributed by atoms with E-state index in [1.54, 1.807) is 23.5 Å². The number of rotatable bonds is 13. The standard InChI is InChI=1S/C12H22O4S2/c13-5-1-11(15)3-7-17-9-10-18-8-4-12(16)2-6-14/h13-14H,1-10H2. The zero-order chi connectivity index (χ0) is 13.6. The van der Waals surface area contributed by atoms with Crippen LogP contribution in [0.1, 0.15) is 25.7 Å². The molecule has 18 heavy (non-hydrogen) atoms. The van der Waals surface area contributed by atoms with E-state index in [1.165, 1.54) is 0 Å². The molecule has 0 atom stereocenters. The monoisotopic (exact) mass is 294 g/mol. The molecule has 0 rings (SSSR count). The van der Waals surface area contributed by atoms with Crippen LogP contribution in [0.3, 0.4) is 0 Å². The Hall–Kier alpha value is -0.0400. The molecular weight excluding hydrogens is 272 g/mol. The largest absolute Gasteiger partial charge is 0.396 e. The number of Topliss-reactive ketones (excluding diaryl/α,β-unsaturated/α-hetero) is 2. The van der Waals surface area contributed by atoms with Crippen molar-refractivity contribution in [2.75, 3.05) is 36.2 Å². The maximum atomic E-state index is 11.1. The van der Waals surface area contributed by atoms with E-state index < -0.39 is 0 Å². The van der Waals surface area contributed by atoms with Crippen LogP contribution in [0.25, 0.3) is 0 Å². The van der Waals surface area contributed by atoms with E-state index in [0.717, 1.165) is 23.0 Å². The highest BCUT2D eigenvalue weighted by Crippen LogP contribution is 2.10. The fraction of sp³-hybridized carbons (Fsp3) is 0.833. The summed E-state index contributed by atoms with van der Waals surface area (Å²) in [7, 11) is 0. The summed E-state index contributed by atoms with van der Waals surface area (Å²) >= 11 is 3.46. The molecule has 0 aliphatic carbocycles. The first-order valence-corrected chi connectivity index (χ1v) is 8.42. The van der Waals surface area contributed by atoms with Crippen molar-refractivity contribution in [2.24, 2.45) is 0 Å². The minimum atomic E-state index is -0.0543. The molecule has 2 N–H and O–H groups in total. The highest BCUT2D eigenvalue weighted by molar-refractivity contribution is 8.02. The Labute approximate surface area is 117 Å². The van der Waals surface area contributed by atoms with Crippen LogP contribution in [0.4, 0.5) is 0 Å². The lowest BCUT2D eigenvalue weighted by Gasteiger charge is -2.02. The van der Waals surface area contributed by atoms with Crippen LogP contribution in [-0.4, -0.2) is 58.0 Å². The molecule has 0 unspecified atom stereocenters. The molecular formula is C12H22O4S2. The Morgan fingerprint density at radius 2 is 1.06 bits per heavy atom. The van der Waals surface area contributed by atoms with Crippen molar-refractivity contribution in [2.45, 2.75) is 25.7 Å². The molecule has 0 spiro atoms. The molecule has 4 nitrogen and oxygen atoms in total. The summed E-state index contributed by atoms with van der Waals surface area (Å²) in [6.07, 6.45) is 1.60. The lowest BCUT2D eigenvalue weighted by atomic mass is 10.2. The van der Waals surface area contributed by atoms with E-state index in [-0.39, 0.29) is 37.6 Å². The number of aliphatic hydroxyl groups is 2. The summed E-state index contributed by atoms with van der Waals surface area (Å²) < 4.78 is 0. The first kappa shape index (κ1) is 18.0. The zero-order valence-electron chi connectivity index (χ0n) is 10.6. The van der Waals surface area contributed by atoms with E-state index >= 15 is 0 Å². The van der Waals surface area contributed by atoms with Crippen molar-refractivity contribution < 1.29 is 19.8 Å². The van der Waals surface area contributed by atoms with Crippen LogP contribution in [0.15, 0.2) is 0 Å². The van der Waals surface area contributed by atoms with Gasteiger partial charge in [0.1, 0.15) is 11.6 Å². The fourth-order valence-electron chi connectivity index (χ4n) is 1.19. The van der Waals surface area contributed by atoms with Crippen molar-refractivity contribution >= 4 is 35.1 Å². The molecule has 6 heteroatoms. The van der Waals surface area contributed by atoms with E-state index in [0.29, 0.717) is 12.8 Å². The average Bonchev–Trinajstić information content (AvgIpc) is 2.33. The van der Waals surface area contributed by atoms with Gasteiger partial charge in [0.25, 0.3) is 0 Å². The van der Waals surface area contributed by atoms with Crippen molar-refractivity contribution in [1.29, 1.82) is 0 Å². The number of hydrogen-bond acceptors (Lipinski definition) is 6. The van der Waals surface area contributed by atoms with Gasteiger partial charge in [-0.25, -0.2) is 0 Å². The molecule has 0 fully saturated rings. The number of hydrogen-bond donors (Lipinski definition) is 2. The maximum absolute atomic E-state index is 11.1. The third-order valence-electron chi connectivity index (χ3n) is 2.20. The van der Waals surface area contributed by atoms with Crippen LogP contribution in [0, 0.1) is 0 Å². The number of aliphatic hydroxyl groups excluding tert-OH is 2. The van der Waals surface area contributed by atoms with Crippen LogP contribution in [-0.2, 0) is 9.59 Å². The Morgan fingerprint density at radius 3 is 1.39 bits per heavy atom. The highest BCUT2D eigenvalue weighted by atomic mass is 32.2. The molecule has 0 amide bonds. The second kappa shape index (κ2) is 13.4. The van der Waals surface area contributed by atoms with Gasteiger partial charge in [-0.3, -0.25) is 9.59 Å². The Bertz CT molecular complexity index is 210. The van der Waals surface area contributed by atoms with Crippen molar-refractivity contribution in [3.8, 4) is 0 Å². The summed E-state index contributed by atoms with van der Waals surface area (Å²) in [5.41, 5.74) is 0. The van der Waals surface area contributed by atoms with E-state index in [1.807, 2.05) is 0 Å². The summed E-state index contributed by atoms with van der Waals surface area (Å²) in [6, 6.07) is 0. The van der Waals surface area contributed by atoms with E-state index in [2.05, 4.69) is 0 Å². The molecule has 0 aromatic carbocycles. The minimum Gasteiger partial charge on any atom is -0.396 e. The van der Waals surface area contributed by atoms with Crippen LogP contribution in [0.2, 0.25) is 0 Å². The first-order valence-electron chi connectivity index (χ1n) is 6.11. The quantitative estimate of drug-likeness (QED) is 0.496. The van der Waals surface area contributed by atoms with Gasteiger partial charge in [0.05, 0.1) is 0 Å². The van der Waals surface area contributed by atoms with Gasteiger partial charge in [0.2, 0.25) is 0 Å². The van der Waals surface area contributed by atoms with Crippen LogP contribution in [0.5, 0.6) is 0 Å². The first-order chi connectivity index (χ1) is 8.70. The molecule has 0 aliphatic heterocycles. The molecule has 0 aromatic rings. The van der Waals surface area contributed by atoms with Gasteiger partial charge in [-0.05, 0) is 0 Å². The lowest BCUT2D eigenvalue weighted by Crippen LogP contribution is -2.03. The van der Waals surface area contributed by atoms with Gasteiger partial charge >= 0.3 is 0 Å². The van der Waals surface area contributed by atoms with Gasteiger partial charge in [-0.1, -0.05) is 0 Å². The number of thioether (sulfide) groups is 2. The molecule has 0 saturated heterocycles. The third-order valence-corrected chi connectivity index (χ3v) is 4.43. The topological polar surface area (TPSA) is 74.6 Å². The van der Waals surface area contributed by atoms with Crippen LogP contribution >= 0.6 is 23.5 Å². The Balaban J connectivity index is 3.16. The van der Waals surface area contributed by atoms with Gasteiger partial charge in [-0.2, -0.15) is 23.5 Å². The van der Waals surface area contributed by atoms with Crippen molar-refractivity contribution in [1.82, 2.24) is 0 Å². The van der Waals surface area contributed by atoms with Gasteiger partial charge in [0.15, 0.2) is 0 Å². The summed E-state index contributed by atoms with van der Waals surface area (Å²) in [5, 5.41) is 17.1. The fourth-order valence-corrected chi connectivity index (χ4v) is 3.29. The summed E-state index contributed by atoms with van der Waals surface area (Å²) in [4.78, 5) is 22.2. The molecule has 0 radical (unpaired) electrons. The predicted octanol–water partition coefficient (Wildman–Crippen LogP) is 1.14. The molecule has 0 bridgehead atoms. The smallest absolute Gasteiger partial charge is 0.136 e. The van der Waals surface area contributed by atoms with Gasteiger partial charge in [-0.15, -0.1) is 0 Å². The second-order valence-electron chi connectivity index (χ2n) is 3.75. The molecule has 0 aromatic heterocycles. The van der Waals surface area contributed by atoms with Crippen molar-refractivity contribution in [3.63, 3.8) is 0 Å². The summed E-state index contributed by atoms with van der Waals surface area (Å²) in [5.74, 6) is 3.81. The lowest BCUT2D eigenvalue weighted by molar-refractivity contribution is -0.120. The Morgan fingerprint density at radius 1 is 0.667 bits per heavy atom. The Kier molecular flexibility index (Phi) is 13.4. The SMILES string of the molecule is O=C(CCO)CCSCCSCCC(=O)CCO. The molecule has 0 aliphatic rings. The minimum absolute atomic E-state index is 0.0543. The molecule has 106 valence electrons. The maximum Gasteiger partial charge on any atom is 0.136 e. The van der Waals surface area contributed by atoms with E-state index in [4.69, 9.17) is 10.2 Å². The molecule has 0 saturated carbocycles. The summed E-state index contributed by atoms with van der Waals surface area (Å²) in [6.45, 7) is -0.109. The normalized spacial score (nSPS) is 10.6. The predicted molar refractivity (Wildman–Crippen MR) is 77.3 cm³/mol. The van der Waals surface area contributed by atoms with Gasteiger partial charge < -0.3 is 10.2 Å². The van der Waals surface area contributed by atoms with Crippen molar-refractivity contribution in [3.05, 3.63) is 0 Å². The number of ketones is 2. The average molecular weight is 294 g/mol. The number of carbonyl (C=O) groups is 2. The third kappa shape index (κ3) is 12.4. The second-order valence-corrected chi connectivity index (χ2v) is 6.20. The van der Waals surface area contributed by atoms with Gasteiger partial charge in [0, 0.05) is 61.9 Å². The highest BCUT2D eigenvalue weighted by Gasteiger charge is 2.02. The molecule has 0 heterocycles. The van der Waals surface area contributed by atoms with E-state index in [9.17, 15) is 9.59 Å². The zero-order valence-corrected chi connectivity index (χ0v) is 12.2. The number of carbonyl (C=O) groups excluding carboxylic acids is 2. The van der Waals surface area contributed by atoms with Crippen LogP contribution < -0.4 is 0 Å².